The van der Waals surface area contributed by atoms with Gasteiger partial charge in [-0.2, -0.15) is 0 Å². The second kappa shape index (κ2) is 10.8. The Morgan fingerprint density at radius 3 is 2.60 bits per heavy atom. The minimum absolute atomic E-state index is 0.127. The van der Waals surface area contributed by atoms with Gasteiger partial charge in [0.15, 0.2) is 11.5 Å². The summed E-state index contributed by atoms with van der Waals surface area (Å²) < 4.78 is 25.0. The van der Waals surface area contributed by atoms with E-state index < -0.39 is 24.1 Å². The van der Waals surface area contributed by atoms with Crippen molar-refractivity contribution >= 4 is 23.5 Å². The van der Waals surface area contributed by atoms with E-state index in [1.165, 1.54) is 0 Å². The highest BCUT2D eigenvalue weighted by Crippen LogP contribution is 2.51. The third kappa shape index (κ3) is 5.06. The van der Waals surface area contributed by atoms with Crippen molar-refractivity contribution in [1.29, 1.82) is 0 Å². The molecule has 0 saturated carbocycles. The van der Waals surface area contributed by atoms with Gasteiger partial charge < -0.3 is 29.0 Å². The number of hydrogen-bond donors (Lipinski definition) is 1. The van der Waals surface area contributed by atoms with Crippen molar-refractivity contribution in [1.82, 2.24) is 4.90 Å². The van der Waals surface area contributed by atoms with Gasteiger partial charge in [-0.1, -0.05) is 39.0 Å². The first kappa shape index (κ1) is 28.3. The number of piperidine rings is 1. The van der Waals surface area contributed by atoms with E-state index in [2.05, 4.69) is 20.8 Å². The molecule has 2 aromatic carbocycles. The number of carboxylic acids is 1. The number of carboxylic acid groups (broad SMARTS) is 1. The zero-order valence-corrected chi connectivity index (χ0v) is 24.6. The Labute approximate surface area is 245 Å². The predicted octanol–water partition coefficient (Wildman–Crippen LogP) is 4.11. The van der Waals surface area contributed by atoms with Crippen LogP contribution in [0.1, 0.15) is 62.8 Å². The van der Waals surface area contributed by atoms with E-state index in [1.54, 1.807) is 9.80 Å². The SMILES string of the molecule is Cc1cc2c3c(c1)[C@@H](c1cccc4c1OCCO4)O[C@H](CC(=O)N1CCCC(C(=O)O)C1)C(=O)N3[C@H](C(C)(C)C)CO2. The van der Waals surface area contributed by atoms with Crippen LogP contribution in [0, 0.1) is 18.3 Å². The van der Waals surface area contributed by atoms with Crippen molar-refractivity contribution in [2.24, 2.45) is 11.3 Å². The van der Waals surface area contributed by atoms with Gasteiger partial charge >= 0.3 is 5.97 Å². The van der Waals surface area contributed by atoms with E-state index in [4.69, 9.17) is 18.9 Å². The van der Waals surface area contributed by atoms with Crippen LogP contribution >= 0.6 is 0 Å². The van der Waals surface area contributed by atoms with Crippen molar-refractivity contribution < 1.29 is 38.4 Å². The van der Waals surface area contributed by atoms with Gasteiger partial charge in [-0.25, -0.2) is 0 Å². The highest BCUT2D eigenvalue weighted by molar-refractivity contribution is 6.02. The van der Waals surface area contributed by atoms with Gasteiger partial charge in [-0.15, -0.1) is 0 Å². The van der Waals surface area contributed by atoms with Crippen molar-refractivity contribution in [2.45, 2.75) is 65.2 Å². The fraction of sp³-hybridized carbons (Fsp3) is 0.531. The molecular formula is C32H38N2O8. The monoisotopic (exact) mass is 578 g/mol. The lowest BCUT2D eigenvalue weighted by Crippen LogP contribution is -2.56. The standard InChI is InChI=1S/C32H38N2O8/c1-18-13-21-27-23(14-18)41-17-25(32(2,3)4)34(27)30(36)24(15-26(35)33-10-6-7-19(16-33)31(37)38)42-28(21)20-8-5-9-22-29(20)40-12-11-39-22/h5,8-9,13-14,19,24-25,28H,6-7,10-12,15-17H2,1-4H3,(H,37,38)/t19?,24-,25+,28-/m1/s1. The number of amides is 2. The molecule has 2 amide bonds. The number of ether oxygens (including phenoxy) is 4. The van der Waals surface area contributed by atoms with Crippen LogP contribution in [-0.2, 0) is 19.1 Å². The number of hydrogen-bond acceptors (Lipinski definition) is 7. The smallest absolute Gasteiger partial charge is 0.308 e. The number of benzene rings is 2. The molecule has 42 heavy (non-hydrogen) atoms. The number of para-hydroxylation sites is 1. The molecule has 10 heteroatoms. The number of rotatable bonds is 4. The average molecular weight is 579 g/mol. The molecule has 6 rings (SSSR count). The molecule has 0 spiro atoms. The summed E-state index contributed by atoms with van der Waals surface area (Å²) in [5.41, 5.74) is 2.72. The van der Waals surface area contributed by atoms with E-state index in [0.717, 1.165) is 11.1 Å². The van der Waals surface area contributed by atoms with Gasteiger partial charge in [0.05, 0.1) is 24.1 Å². The maximum Gasteiger partial charge on any atom is 0.308 e. The molecule has 0 aromatic heterocycles. The van der Waals surface area contributed by atoms with E-state index in [-0.39, 0.29) is 36.2 Å². The summed E-state index contributed by atoms with van der Waals surface area (Å²) in [7, 11) is 0. The van der Waals surface area contributed by atoms with Gasteiger partial charge in [0.25, 0.3) is 5.91 Å². The minimum atomic E-state index is -1.11. The molecule has 2 aromatic rings. The Morgan fingerprint density at radius 2 is 1.83 bits per heavy atom. The number of aryl methyl sites for hydroxylation is 1. The molecule has 0 aliphatic carbocycles. The average Bonchev–Trinajstić information content (AvgIpc) is 3.07. The lowest BCUT2D eigenvalue weighted by Gasteiger charge is -2.44. The fourth-order valence-corrected chi connectivity index (χ4v) is 6.46. The summed E-state index contributed by atoms with van der Waals surface area (Å²) in [6.07, 6.45) is -0.944. The Balaban J connectivity index is 1.46. The van der Waals surface area contributed by atoms with Gasteiger partial charge in [0, 0.05) is 24.2 Å². The highest BCUT2D eigenvalue weighted by atomic mass is 16.6. The molecule has 0 radical (unpaired) electrons. The third-order valence-electron chi connectivity index (χ3n) is 8.66. The molecule has 1 saturated heterocycles. The number of anilines is 1. The molecule has 0 bridgehead atoms. The van der Waals surface area contributed by atoms with E-state index >= 15 is 0 Å². The second-order valence-electron chi connectivity index (χ2n) is 12.7. The summed E-state index contributed by atoms with van der Waals surface area (Å²) in [5, 5.41) is 9.57. The summed E-state index contributed by atoms with van der Waals surface area (Å²) >= 11 is 0. The first-order valence-corrected chi connectivity index (χ1v) is 14.7. The zero-order valence-electron chi connectivity index (χ0n) is 24.6. The maximum atomic E-state index is 14.5. The summed E-state index contributed by atoms with van der Waals surface area (Å²) in [6, 6.07) is 9.24. The second-order valence-corrected chi connectivity index (χ2v) is 12.7. The van der Waals surface area contributed by atoms with Crippen LogP contribution in [-0.4, -0.2) is 72.8 Å². The molecule has 1 unspecified atom stereocenters. The Morgan fingerprint density at radius 1 is 1.05 bits per heavy atom. The van der Waals surface area contributed by atoms with E-state index in [1.807, 2.05) is 37.3 Å². The molecular weight excluding hydrogens is 540 g/mol. The quantitative estimate of drug-likeness (QED) is 0.577. The predicted molar refractivity (Wildman–Crippen MR) is 153 cm³/mol. The number of carbonyl (C=O) groups is 3. The van der Waals surface area contributed by atoms with Crippen LogP contribution in [0.3, 0.4) is 0 Å². The third-order valence-corrected chi connectivity index (χ3v) is 8.66. The molecule has 4 aliphatic rings. The topological polar surface area (TPSA) is 115 Å². The van der Waals surface area contributed by atoms with Crippen molar-refractivity contribution in [3.63, 3.8) is 0 Å². The first-order chi connectivity index (χ1) is 20.0. The number of carbonyl (C=O) groups excluding carboxylic acids is 2. The van der Waals surface area contributed by atoms with Crippen LogP contribution in [0.25, 0.3) is 0 Å². The Kier molecular flexibility index (Phi) is 7.29. The van der Waals surface area contributed by atoms with E-state index in [0.29, 0.717) is 67.7 Å². The summed E-state index contributed by atoms with van der Waals surface area (Å²) in [5.74, 6) is -0.384. The molecule has 10 nitrogen and oxygen atoms in total. The van der Waals surface area contributed by atoms with Crippen LogP contribution in [0.15, 0.2) is 30.3 Å². The van der Waals surface area contributed by atoms with Crippen molar-refractivity contribution in [3.05, 3.63) is 47.0 Å². The maximum absolute atomic E-state index is 14.5. The van der Waals surface area contributed by atoms with Gasteiger partial charge in [-0.3, -0.25) is 19.3 Å². The van der Waals surface area contributed by atoms with Crippen LogP contribution in [0.5, 0.6) is 17.2 Å². The zero-order chi connectivity index (χ0) is 29.8. The van der Waals surface area contributed by atoms with Gasteiger partial charge in [0.2, 0.25) is 5.91 Å². The molecule has 1 fully saturated rings. The normalized spacial score (nSPS) is 25.3. The molecule has 4 aliphatic heterocycles. The van der Waals surface area contributed by atoms with E-state index in [9.17, 15) is 19.5 Å². The van der Waals surface area contributed by atoms with Crippen molar-refractivity contribution in [2.75, 3.05) is 37.8 Å². The number of fused-ring (bicyclic) bond motifs is 1. The number of likely N-dealkylation sites (tertiary alicyclic amines) is 1. The highest BCUT2D eigenvalue weighted by Gasteiger charge is 2.48. The summed E-state index contributed by atoms with van der Waals surface area (Å²) in [4.78, 5) is 43.2. The molecule has 4 heterocycles. The largest absolute Gasteiger partial charge is 0.489 e. The molecule has 1 N–H and O–H groups in total. The molecule has 224 valence electrons. The Bertz CT molecular complexity index is 1420. The summed E-state index contributed by atoms with van der Waals surface area (Å²) in [6.45, 7) is 9.86. The fourth-order valence-electron chi connectivity index (χ4n) is 6.46. The Hall–Kier alpha value is -3.79. The van der Waals surface area contributed by atoms with Gasteiger partial charge in [-0.05, 0) is 42.9 Å². The molecule has 4 atom stereocenters. The van der Waals surface area contributed by atoms with Crippen molar-refractivity contribution in [3.8, 4) is 17.2 Å². The van der Waals surface area contributed by atoms with Crippen LogP contribution in [0.2, 0.25) is 0 Å². The van der Waals surface area contributed by atoms with Crippen LogP contribution < -0.4 is 19.1 Å². The number of nitrogens with zero attached hydrogens (tertiary/aromatic N) is 2. The minimum Gasteiger partial charge on any atom is -0.489 e. The van der Waals surface area contributed by atoms with Gasteiger partial charge in [0.1, 0.15) is 37.8 Å². The lowest BCUT2D eigenvalue weighted by molar-refractivity contribution is -0.149. The van der Waals surface area contributed by atoms with Crippen LogP contribution in [0.4, 0.5) is 5.69 Å². The lowest BCUT2D eigenvalue weighted by atomic mass is 9.84. The number of aliphatic carboxylic acids is 1. The first-order valence-electron chi connectivity index (χ1n) is 14.7.